The molecule has 56 valence electrons. The highest BCUT2D eigenvalue weighted by molar-refractivity contribution is 5.84. The van der Waals surface area contributed by atoms with E-state index in [0.717, 1.165) is 26.1 Å². The van der Waals surface area contributed by atoms with Crippen LogP contribution in [0.5, 0.6) is 0 Å². The van der Waals surface area contributed by atoms with Crippen LogP contribution in [-0.2, 0) is 0 Å². The molecule has 0 bridgehead atoms. The lowest BCUT2D eigenvalue weighted by atomic mass is 10.3. The second kappa shape index (κ2) is 3.40. The van der Waals surface area contributed by atoms with E-state index in [1.165, 1.54) is 5.84 Å². The summed E-state index contributed by atoms with van der Waals surface area (Å²) in [5, 5.41) is 0. The van der Waals surface area contributed by atoms with Gasteiger partial charge in [0.1, 0.15) is 5.84 Å². The minimum absolute atomic E-state index is 0.924. The lowest BCUT2D eigenvalue weighted by molar-refractivity contribution is 0.478. The Morgan fingerprint density at radius 3 is 3.20 bits per heavy atom. The summed E-state index contributed by atoms with van der Waals surface area (Å²) in [6.45, 7) is 8.98. The highest BCUT2D eigenvalue weighted by atomic mass is 15.2. The van der Waals surface area contributed by atoms with Gasteiger partial charge in [0, 0.05) is 19.5 Å². The first kappa shape index (κ1) is 7.32. The van der Waals surface area contributed by atoms with Gasteiger partial charge in [-0.1, -0.05) is 6.08 Å². The smallest absolute Gasteiger partial charge is 0.103 e. The summed E-state index contributed by atoms with van der Waals surface area (Å²) in [4.78, 5) is 6.64. The molecule has 0 unspecified atom stereocenters. The number of hydrogen-bond acceptors (Lipinski definition) is 2. The van der Waals surface area contributed by atoms with Crippen molar-refractivity contribution in [3.05, 3.63) is 12.7 Å². The van der Waals surface area contributed by atoms with Gasteiger partial charge in [0.2, 0.25) is 0 Å². The summed E-state index contributed by atoms with van der Waals surface area (Å²) in [5.74, 6) is 1.21. The quantitative estimate of drug-likeness (QED) is 0.537. The van der Waals surface area contributed by atoms with Gasteiger partial charge in [-0.3, -0.25) is 4.99 Å². The summed E-state index contributed by atoms with van der Waals surface area (Å²) < 4.78 is 0. The zero-order valence-corrected chi connectivity index (χ0v) is 6.51. The van der Waals surface area contributed by atoms with Gasteiger partial charge < -0.3 is 4.90 Å². The van der Waals surface area contributed by atoms with Gasteiger partial charge in [-0.05, 0) is 6.92 Å². The fourth-order valence-electron chi connectivity index (χ4n) is 1.19. The molecule has 0 N–H and O–H groups in total. The van der Waals surface area contributed by atoms with Gasteiger partial charge in [0.05, 0.1) is 6.54 Å². The molecule has 1 aliphatic rings. The average Bonchev–Trinajstić information content (AvgIpc) is 2.36. The van der Waals surface area contributed by atoms with Crippen LogP contribution < -0.4 is 0 Å². The van der Waals surface area contributed by atoms with Crippen LogP contribution >= 0.6 is 0 Å². The van der Waals surface area contributed by atoms with E-state index in [1.807, 2.05) is 6.08 Å². The lowest BCUT2D eigenvalue weighted by Crippen LogP contribution is -2.26. The standard InChI is InChI=1S/C8H14N2/c1-3-5-8-9-6-7-10(8)4-2/h3H,1,4-7H2,2H3. The summed E-state index contributed by atoms with van der Waals surface area (Å²) in [6.07, 6.45) is 2.83. The van der Waals surface area contributed by atoms with Gasteiger partial charge in [-0.25, -0.2) is 0 Å². The van der Waals surface area contributed by atoms with E-state index in [1.54, 1.807) is 0 Å². The normalized spacial score (nSPS) is 17.3. The molecule has 0 aromatic rings. The van der Waals surface area contributed by atoms with Gasteiger partial charge in [0.25, 0.3) is 0 Å². The molecule has 0 saturated carbocycles. The van der Waals surface area contributed by atoms with Gasteiger partial charge in [0.15, 0.2) is 0 Å². The maximum absolute atomic E-state index is 4.35. The molecule has 10 heavy (non-hydrogen) atoms. The van der Waals surface area contributed by atoms with Crippen LogP contribution in [0.2, 0.25) is 0 Å². The number of hydrogen-bond donors (Lipinski definition) is 0. The number of rotatable bonds is 3. The Labute approximate surface area is 62.3 Å². The van der Waals surface area contributed by atoms with Crippen molar-refractivity contribution >= 4 is 5.84 Å². The van der Waals surface area contributed by atoms with E-state index >= 15 is 0 Å². The topological polar surface area (TPSA) is 15.6 Å². The molecule has 0 amide bonds. The van der Waals surface area contributed by atoms with Crippen LogP contribution in [0, 0.1) is 0 Å². The van der Waals surface area contributed by atoms with Gasteiger partial charge in [-0.2, -0.15) is 0 Å². The third kappa shape index (κ3) is 1.38. The van der Waals surface area contributed by atoms with Crippen molar-refractivity contribution in [2.45, 2.75) is 13.3 Å². The predicted octanol–water partition coefficient (Wildman–Crippen LogP) is 1.30. The van der Waals surface area contributed by atoms with Crippen molar-refractivity contribution in [3.63, 3.8) is 0 Å². The van der Waals surface area contributed by atoms with Crippen LogP contribution in [-0.4, -0.2) is 30.4 Å². The second-order valence-corrected chi connectivity index (χ2v) is 2.37. The molecular formula is C8H14N2. The Morgan fingerprint density at radius 2 is 2.60 bits per heavy atom. The second-order valence-electron chi connectivity index (χ2n) is 2.37. The Hall–Kier alpha value is -0.790. The molecule has 1 heterocycles. The third-order valence-electron chi connectivity index (χ3n) is 1.74. The van der Waals surface area contributed by atoms with Crippen LogP contribution in [0.4, 0.5) is 0 Å². The van der Waals surface area contributed by atoms with Crippen molar-refractivity contribution in [1.29, 1.82) is 0 Å². The zero-order valence-electron chi connectivity index (χ0n) is 6.51. The van der Waals surface area contributed by atoms with E-state index in [2.05, 4.69) is 23.4 Å². The Kier molecular flexibility index (Phi) is 2.49. The van der Waals surface area contributed by atoms with Crippen molar-refractivity contribution in [2.24, 2.45) is 4.99 Å². The molecular weight excluding hydrogens is 124 g/mol. The Bertz CT molecular complexity index is 149. The monoisotopic (exact) mass is 138 g/mol. The molecule has 1 aliphatic heterocycles. The first-order chi connectivity index (χ1) is 4.88. The van der Waals surface area contributed by atoms with Crippen molar-refractivity contribution in [2.75, 3.05) is 19.6 Å². The first-order valence-corrected chi connectivity index (χ1v) is 3.77. The fraction of sp³-hybridized carbons (Fsp3) is 0.625. The van der Waals surface area contributed by atoms with Crippen molar-refractivity contribution in [1.82, 2.24) is 4.90 Å². The summed E-state index contributed by atoms with van der Waals surface area (Å²) >= 11 is 0. The van der Waals surface area contributed by atoms with Gasteiger partial charge >= 0.3 is 0 Å². The van der Waals surface area contributed by atoms with Crippen molar-refractivity contribution < 1.29 is 0 Å². The van der Waals surface area contributed by atoms with Crippen LogP contribution in [0.25, 0.3) is 0 Å². The molecule has 0 fully saturated rings. The maximum atomic E-state index is 4.35. The van der Waals surface area contributed by atoms with E-state index in [9.17, 15) is 0 Å². The van der Waals surface area contributed by atoms with Crippen LogP contribution in [0.15, 0.2) is 17.6 Å². The largest absolute Gasteiger partial charge is 0.359 e. The molecule has 0 spiro atoms. The maximum Gasteiger partial charge on any atom is 0.103 e. The SMILES string of the molecule is C=CCC1=NCCN1CC. The summed E-state index contributed by atoms with van der Waals surface area (Å²) in [5.41, 5.74) is 0. The third-order valence-corrected chi connectivity index (χ3v) is 1.74. The number of amidine groups is 1. The highest BCUT2D eigenvalue weighted by Gasteiger charge is 2.11. The molecule has 2 heteroatoms. The zero-order chi connectivity index (χ0) is 7.40. The molecule has 0 radical (unpaired) electrons. The fourth-order valence-corrected chi connectivity index (χ4v) is 1.19. The number of nitrogens with zero attached hydrogens (tertiary/aromatic N) is 2. The minimum atomic E-state index is 0.924. The molecule has 0 aliphatic carbocycles. The molecule has 0 atom stereocenters. The predicted molar refractivity (Wildman–Crippen MR) is 44.4 cm³/mol. The van der Waals surface area contributed by atoms with E-state index in [-0.39, 0.29) is 0 Å². The van der Waals surface area contributed by atoms with E-state index in [4.69, 9.17) is 0 Å². The highest BCUT2D eigenvalue weighted by Crippen LogP contribution is 2.03. The molecule has 0 aromatic carbocycles. The molecule has 0 saturated heterocycles. The Morgan fingerprint density at radius 1 is 1.80 bits per heavy atom. The minimum Gasteiger partial charge on any atom is -0.359 e. The van der Waals surface area contributed by atoms with Gasteiger partial charge in [-0.15, -0.1) is 6.58 Å². The van der Waals surface area contributed by atoms with E-state index in [0.29, 0.717) is 0 Å². The van der Waals surface area contributed by atoms with Crippen LogP contribution in [0.1, 0.15) is 13.3 Å². The number of likely N-dealkylation sites (N-methyl/N-ethyl adjacent to an activating group) is 1. The average molecular weight is 138 g/mol. The molecule has 2 nitrogen and oxygen atoms in total. The lowest BCUT2D eigenvalue weighted by Gasteiger charge is -2.16. The van der Waals surface area contributed by atoms with Crippen molar-refractivity contribution in [3.8, 4) is 0 Å². The molecule has 0 aromatic heterocycles. The number of aliphatic imine (C=N–C) groups is 1. The van der Waals surface area contributed by atoms with Crippen LogP contribution in [0.3, 0.4) is 0 Å². The first-order valence-electron chi connectivity index (χ1n) is 3.77. The van der Waals surface area contributed by atoms with E-state index < -0.39 is 0 Å². The summed E-state index contributed by atoms with van der Waals surface area (Å²) in [7, 11) is 0. The Balaban J connectivity index is 2.47. The summed E-state index contributed by atoms with van der Waals surface area (Å²) in [6, 6.07) is 0. The molecule has 1 rings (SSSR count).